The van der Waals surface area contributed by atoms with Crippen LogP contribution >= 0.6 is 0 Å². The van der Waals surface area contributed by atoms with Crippen molar-refractivity contribution in [1.82, 2.24) is 10.2 Å². The van der Waals surface area contributed by atoms with E-state index in [1.165, 1.54) is 17.2 Å². The van der Waals surface area contributed by atoms with Gasteiger partial charge in [0.1, 0.15) is 0 Å². The molecule has 0 spiro atoms. The fraction of sp³-hybridized carbons (Fsp3) is 0.238. The van der Waals surface area contributed by atoms with Crippen LogP contribution in [0.4, 0.5) is 0 Å². The van der Waals surface area contributed by atoms with Gasteiger partial charge in [0.25, 0.3) is 0 Å². The van der Waals surface area contributed by atoms with Gasteiger partial charge in [0.2, 0.25) is 11.8 Å². The van der Waals surface area contributed by atoms with Crippen molar-refractivity contribution < 1.29 is 9.59 Å². The highest BCUT2D eigenvalue weighted by Crippen LogP contribution is 2.22. The van der Waals surface area contributed by atoms with Crippen molar-refractivity contribution >= 4 is 17.9 Å². The van der Waals surface area contributed by atoms with E-state index < -0.39 is 0 Å². The minimum absolute atomic E-state index is 0.134. The summed E-state index contributed by atoms with van der Waals surface area (Å²) in [6.07, 6.45) is 4.41. The highest BCUT2D eigenvalue weighted by Gasteiger charge is 2.22. The molecule has 1 heterocycles. The topological polar surface area (TPSA) is 49.4 Å². The lowest BCUT2D eigenvalue weighted by atomic mass is 10.1. The molecule has 0 radical (unpaired) electrons. The van der Waals surface area contributed by atoms with Crippen molar-refractivity contribution in [1.29, 1.82) is 0 Å². The first kappa shape index (κ1) is 17.0. The predicted octanol–water partition coefficient (Wildman–Crippen LogP) is 3.14. The Morgan fingerprint density at radius 2 is 1.60 bits per heavy atom. The Kier molecular flexibility index (Phi) is 5.62. The summed E-state index contributed by atoms with van der Waals surface area (Å²) >= 11 is 0. The van der Waals surface area contributed by atoms with Crippen LogP contribution in [0, 0.1) is 0 Å². The molecule has 2 amide bonds. The van der Waals surface area contributed by atoms with E-state index in [1.807, 2.05) is 47.4 Å². The highest BCUT2D eigenvalue weighted by atomic mass is 16.2. The molecule has 0 unspecified atom stereocenters. The molecule has 1 aliphatic rings. The highest BCUT2D eigenvalue weighted by molar-refractivity contribution is 5.91. The van der Waals surface area contributed by atoms with Gasteiger partial charge in [-0.3, -0.25) is 9.59 Å². The maximum atomic E-state index is 12.3. The van der Waals surface area contributed by atoms with E-state index in [1.54, 1.807) is 6.08 Å². The molecule has 0 aliphatic carbocycles. The second kappa shape index (κ2) is 8.29. The first-order valence-electron chi connectivity index (χ1n) is 8.58. The third-order valence-electron chi connectivity index (χ3n) is 4.29. The Balaban J connectivity index is 1.35. The van der Waals surface area contributed by atoms with E-state index in [0.717, 1.165) is 5.56 Å². The number of amides is 2. The minimum atomic E-state index is -0.134. The van der Waals surface area contributed by atoms with Gasteiger partial charge in [-0.05, 0) is 29.2 Å². The lowest BCUT2D eigenvalue weighted by Gasteiger charge is -2.15. The summed E-state index contributed by atoms with van der Waals surface area (Å²) < 4.78 is 0. The lowest BCUT2D eigenvalue weighted by molar-refractivity contribution is -0.132. The van der Waals surface area contributed by atoms with E-state index >= 15 is 0 Å². The number of benzene rings is 2. The van der Waals surface area contributed by atoms with Crippen molar-refractivity contribution in [2.45, 2.75) is 25.9 Å². The van der Waals surface area contributed by atoms with Crippen molar-refractivity contribution in [2.24, 2.45) is 0 Å². The number of fused-ring (bicyclic) bond motifs is 1. The molecule has 1 aliphatic heterocycles. The summed E-state index contributed by atoms with van der Waals surface area (Å²) in [5, 5.41) is 2.82. The molecule has 4 nitrogen and oxygen atoms in total. The van der Waals surface area contributed by atoms with Gasteiger partial charge in [-0.25, -0.2) is 0 Å². The van der Waals surface area contributed by atoms with Gasteiger partial charge < -0.3 is 10.2 Å². The van der Waals surface area contributed by atoms with Crippen molar-refractivity contribution in [3.05, 3.63) is 77.4 Å². The van der Waals surface area contributed by atoms with Crippen molar-refractivity contribution in [3.63, 3.8) is 0 Å². The Morgan fingerprint density at radius 3 is 2.28 bits per heavy atom. The van der Waals surface area contributed by atoms with Crippen LogP contribution in [0.5, 0.6) is 0 Å². The molecule has 128 valence electrons. The molecule has 2 aromatic carbocycles. The maximum absolute atomic E-state index is 12.3. The van der Waals surface area contributed by atoms with E-state index in [9.17, 15) is 9.59 Å². The van der Waals surface area contributed by atoms with Crippen molar-refractivity contribution in [3.8, 4) is 0 Å². The number of carbonyl (C=O) groups excluding carboxylic acids is 2. The average Bonchev–Trinajstić information content (AvgIpc) is 3.08. The first-order valence-corrected chi connectivity index (χ1v) is 8.58. The number of carbonyl (C=O) groups is 2. The third kappa shape index (κ3) is 4.80. The van der Waals surface area contributed by atoms with Crippen LogP contribution in [0.2, 0.25) is 0 Å². The Hall–Kier alpha value is -2.88. The molecule has 4 heteroatoms. The number of nitrogens with one attached hydrogen (secondary N) is 1. The molecule has 0 aromatic heterocycles. The molecule has 2 aromatic rings. The summed E-state index contributed by atoms with van der Waals surface area (Å²) in [6.45, 7) is 1.90. The Morgan fingerprint density at radius 1 is 0.960 bits per heavy atom. The van der Waals surface area contributed by atoms with Crippen LogP contribution in [-0.2, 0) is 22.7 Å². The summed E-state index contributed by atoms with van der Waals surface area (Å²) in [6, 6.07) is 17.8. The summed E-state index contributed by atoms with van der Waals surface area (Å²) in [5.41, 5.74) is 3.45. The molecule has 25 heavy (non-hydrogen) atoms. The number of hydrogen-bond acceptors (Lipinski definition) is 2. The minimum Gasteiger partial charge on any atom is -0.353 e. The average molecular weight is 334 g/mol. The van der Waals surface area contributed by atoms with Gasteiger partial charge in [0, 0.05) is 32.1 Å². The quantitative estimate of drug-likeness (QED) is 0.652. The molecular weight excluding hydrogens is 312 g/mol. The molecule has 0 saturated heterocycles. The second-order valence-corrected chi connectivity index (χ2v) is 6.16. The van der Waals surface area contributed by atoms with E-state index in [-0.39, 0.29) is 11.8 Å². The van der Waals surface area contributed by atoms with E-state index in [2.05, 4.69) is 17.4 Å². The molecule has 0 saturated carbocycles. The van der Waals surface area contributed by atoms with Crippen LogP contribution in [0.1, 0.15) is 29.5 Å². The van der Waals surface area contributed by atoms with Gasteiger partial charge in [0.15, 0.2) is 0 Å². The van der Waals surface area contributed by atoms with Gasteiger partial charge in [-0.2, -0.15) is 0 Å². The lowest BCUT2D eigenvalue weighted by Crippen LogP contribution is -2.27. The normalized spacial score (nSPS) is 13.0. The summed E-state index contributed by atoms with van der Waals surface area (Å²) in [5.74, 6) is 0.00940. The largest absolute Gasteiger partial charge is 0.353 e. The smallest absolute Gasteiger partial charge is 0.243 e. The van der Waals surface area contributed by atoms with Gasteiger partial charge >= 0.3 is 0 Å². The Bertz CT molecular complexity index is 743. The van der Waals surface area contributed by atoms with E-state index in [0.29, 0.717) is 32.5 Å². The van der Waals surface area contributed by atoms with Crippen LogP contribution in [0.3, 0.4) is 0 Å². The molecule has 0 atom stereocenters. The molecule has 3 rings (SSSR count). The fourth-order valence-electron chi connectivity index (χ4n) is 2.91. The van der Waals surface area contributed by atoms with E-state index in [4.69, 9.17) is 0 Å². The predicted molar refractivity (Wildman–Crippen MR) is 98.4 cm³/mol. The number of nitrogens with zero attached hydrogens (tertiary/aromatic N) is 1. The molecule has 1 N–H and O–H groups in total. The van der Waals surface area contributed by atoms with Gasteiger partial charge in [0.05, 0.1) is 0 Å². The van der Waals surface area contributed by atoms with Crippen LogP contribution in [0.25, 0.3) is 6.08 Å². The van der Waals surface area contributed by atoms with Gasteiger partial charge in [-0.1, -0.05) is 54.6 Å². The van der Waals surface area contributed by atoms with Gasteiger partial charge in [-0.15, -0.1) is 0 Å². The maximum Gasteiger partial charge on any atom is 0.243 e. The third-order valence-corrected chi connectivity index (χ3v) is 4.29. The zero-order valence-corrected chi connectivity index (χ0v) is 14.2. The summed E-state index contributed by atoms with van der Waals surface area (Å²) in [4.78, 5) is 25.9. The molecule has 0 bridgehead atoms. The first-order chi connectivity index (χ1) is 12.2. The summed E-state index contributed by atoms with van der Waals surface area (Å²) in [7, 11) is 0. The van der Waals surface area contributed by atoms with Crippen molar-refractivity contribution in [2.75, 3.05) is 6.54 Å². The SMILES string of the molecule is O=C(/C=C/c1ccccc1)NCCCC(=O)N1Cc2ccccc2C1. The zero-order valence-electron chi connectivity index (χ0n) is 14.2. The second-order valence-electron chi connectivity index (χ2n) is 6.16. The monoisotopic (exact) mass is 334 g/mol. The number of hydrogen-bond donors (Lipinski definition) is 1. The van der Waals surface area contributed by atoms with Crippen LogP contribution in [-0.4, -0.2) is 23.3 Å². The fourth-order valence-corrected chi connectivity index (χ4v) is 2.91. The standard InChI is InChI=1S/C21H22N2O2/c24-20(13-12-17-7-2-1-3-8-17)22-14-6-11-21(25)23-15-18-9-4-5-10-19(18)16-23/h1-5,7-10,12-13H,6,11,14-16H2,(H,22,24)/b13-12+. The Labute approximate surface area is 148 Å². The van der Waals surface area contributed by atoms with Crippen LogP contribution < -0.4 is 5.32 Å². The molecular formula is C21H22N2O2. The molecule has 0 fully saturated rings. The number of rotatable bonds is 6. The van der Waals surface area contributed by atoms with Crippen LogP contribution in [0.15, 0.2) is 60.7 Å². The zero-order chi connectivity index (χ0) is 17.5.